The summed E-state index contributed by atoms with van der Waals surface area (Å²) in [7, 11) is 0. The molecule has 0 spiro atoms. The molecule has 37 heavy (non-hydrogen) atoms. The number of anilines is 1. The molecule has 2 aliphatic rings. The molecule has 0 aromatic heterocycles. The van der Waals surface area contributed by atoms with Gasteiger partial charge in [-0.25, -0.2) is 0 Å². The Morgan fingerprint density at radius 1 is 1.11 bits per heavy atom. The minimum atomic E-state index is -0.570. The fraction of sp³-hybridized carbons (Fsp3) is 0.500. The van der Waals surface area contributed by atoms with E-state index >= 15 is 0 Å². The predicted octanol–water partition coefficient (Wildman–Crippen LogP) is 2.16. The van der Waals surface area contributed by atoms with Gasteiger partial charge in [0.15, 0.2) is 5.11 Å². The SMILES string of the molecule is CC(C)[C@@H]1[C@H](CO)ON(Cc2cccc(N3CCN(C(=S)NCCc4ccccc4)CC3)c2)[C@@H]1C(N)=O. The van der Waals surface area contributed by atoms with Crippen molar-refractivity contribution < 1.29 is 14.7 Å². The van der Waals surface area contributed by atoms with Crippen molar-refractivity contribution in [3.63, 3.8) is 0 Å². The van der Waals surface area contributed by atoms with Crippen LogP contribution in [0.4, 0.5) is 5.69 Å². The zero-order valence-electron chi connectivity index (χ0n) is 21.8. The second-order valence-electron chi connectivity index (χ2n) is 10.2. The van der Waals surface area contributed by atoms with Crippen molar-refractivity contribution in [3.8, 4) is 0 Å². The van der Waals surface area contributed by atoms with Crippen LogP contribution in [0.1, 0.15) is 25.0 Å². The molecule has 1 amide bonds. The number of hydrogen-bond donors (Lipinski definition) is 3. The minimum absolute atomic E-state index is 0.142. The maximum atomic E-state index is 12.3. The van der Waals surface area contributed by atoms with Crippen LogP contribution in [0.25, 0.3) is 0 Å². The van der Waals surface area contributed by atoms with Crippen LogP contribution in [0.15, 0.2) is 54.6 Å². The van der Waals surface area contributed by atoms with E-state index in [-0.39, 0.29) is 18.4 Å². The molecule has 0 unspecified atom stereocenters. The van der Waals surface area contributed by atoms with Gasteiger partial charge in [0.1, 0.15) is 12.1 Å². The Morgan fingerprint density at radius 3 is 2.46 bits per heavy atom. The number of nitrogens with two attached hydrogens (primary N) is 1. The summed E-state index contributed by atoms with van der Waals surface area (Å²) in [5, 5.41) is 15.7. The quantitative estimate of drug-likeness (QED) is 0.429. The van der Waals surface area contributed by atoms with Crippen LogP contribution < -0.4 is 16.0 Å². The summed E-state index contributed by atoms with van der Waals surface area (Å²) >= 11 is 5.65. The number of carbonyl (C=O) groups excluding carboxylic acids is 1. The summed E-state index contributed by atoms with van der Waals surface area (Å²) in [6.45, 7) is 8.62. The van der Waals surface area contributed by atoms with Gasteiger partial charge in [-0.05, 0) is 47.8 Å². The number of carbonyl (C=O) groups is 1. The highest BCUT2D eigenvalue weighted by atomic mass is 32.1. The summed E-state index contributed by atoms with van der Waals surface area (Å²) in [5.74, 6) is -0.416. The molecule has 9 heteroatoms. The molecule has 2 aliphatic heterocycles. The Morgan fingerprint density at radius 2 is 1.81 bits per heavy atom. The molecule has 4 N–H and O–H groups in total. The lowest BCUT2D eigenvalue weighted by molar-refractivity contribution is -0.180. The molecular weight excluding hydrogens is 486 g/mol. The molecule has 2 fully saturated rings. The second-order valence-corrected chi connectivity index (χ2v) is 10.6. The van der Waals surface area contributed by atoms with E-state index in [1.807, 2.05) is 32.0 Å². The van der Waals surface area contributed by atoms with Crippen molar-refractivity contribution in [2.45, 2.75) is 39.0 Å². The smallest absolute Gasteiger partial charge is 0.237 e. The fourth-order valence-electron chi connectivity index (χ4n) is 5.39. The van der Waals surface area contributed by atoms with Gasteiger partial charge in [0, 0.05) is 44.3 Å². The summed E-state index contributed by atoms with van der Waals surface area (Å²) in [5.41, 5.74) is 9.23. The average molecular weight is 526 g/mol. The Labute approximate surface area is 225 Å². The van der Waals surface area contributed by atoms with E-state index in [4.69, 9.17) is 22.8 Å². The number of hydroxylamine groups is 2. The van der Waals surface area contributed by atoms with Crippen LogP contribution in [0, 0.1) is 11.8 Å². The van der Waals surface area contributed by atoms with E-state index in [2.05, 4.69) is 51.5 Å². The Hall–Kier alpha value is -2.72. The first-order valence-corrected chi connectivity index (χ1v) is 13.5. The number of aliphatic hydroxyl groups is 1. The molecule has 4 rings (SSSR count). The van der Waals surface area contributed by atoms with Gasteiger partial charge in [-0.3, -0.25) is 9.63 Å². The molecule has 3 atom stereocenters. The molecule has 0 saturated carbocycles. The molecule has 0 bridgehead atoms. The van der Waals surface area contributed by atoms with Gasteiger partial charge in [0.05, 0.1) is 13.2 Å². The normalized spacial score (nSPS) is 22.4. The van der Waals surface area contributed by atoms with Crippen LogP contribution in [0.5, 0.6) is 0 Å². The van der Waals surface area contributed by atoms with Crippen LogP contribution >= 0.6 is 12.2 Å². The van der Waals surface area contributed by atoms with Gasteiger partial charge in [0.25, 0.3) is 0 Å². The van der Waals surface area contributed by atoms with E-state index in [9.17, 15) is 9.90 Å². The van der Waals surface area contributed by atoms with E-state index in [0.29, 0.717) is 6.54 Å². The maximum absolute atomic E-state index is 12.3. The highest BCUT2D eigenvalue weighted by Gasteiger charge is 2.47. The third kappa shape index (κ3) is 6.78. The standard InChI is InChI=1S/C28H39N5O3S/c1-20(2)25-24(19-34)36-33(26(25)27(29)35)18-22-9-6-10-23(17-22)31-13-15-32(16-14-31)28(37)30-12-11-21-7-4-3-5-8-21/h3-10,17,20,24-26,34H,11-16,18-19H2,1-2H3,(H2,29,35)(H,30,37)/t24-,25+,26-/m0/s1. The van der Waals surface area contributed by atoms with Gasteiger partial charge >= 0.3 is 0 Å². The number of nitrogens with one attached hydrogen (secondary N) is 1. The van der Waals surface area contributed by atoms with Crippen molar-refractivity contribution in [2.24, 2.45) is 17.6 Å². The summed E-state index contributed by atoms with van der Waals surface area (Å²) in [6, 6.07) is 18.2. The molecule has 2 saturated heterocycles. The number of rotatable bonds is 9. The van der Waals surface area contributed by atoms with E-state index in [1.54, 1.807) is 5.06 Å². The number of aliphatic hydroxyl groups excluding tert-OH is 1. The van der Waals surface area contributed by atoms with Crippen LogP contribution in [-0.2, 0) is 22.6 Å². The van der Waals surface area contributed by atoms with Crippen molar-refractivity contribution in [3.05, 3.63) is 65.7 Å². The highest BCUT2D eigenvalue weighted by Crippen LogP contribution is 2.34. The lowest BCUT2D eigenvalue weighted by atomic mass is 9.84. The van der Waals surface area contributed by atoms with Gasteiger partial charge < -0.3 is 26.0 Å². The molecule has 200 valence electrons. The molecule has 0 radical (unpaired) electrons. The van der Waals surface area contributed by atoms with Gasteiger partial charge in [-0.15, -0.1) is 0 Å². The highest BCUT2D eigenvalue weighted by molar-refractivity contribution is 7.80. The Balaban J connectivity index is 1.31. The van der Waals surface area contributed by atoms with Crippen molar-refractivity contribution in [1.82, 2.24) is 15.3 Å². The number of primary amides is 1. The molecule has 2 aromatic carbocycles. The first-order valence-electron chi connectivity index (χ1n) is 13.1. The zero-order chi connectivity index (χ0) is 26.4. The number of amides is 1. The number of hydrogen-bond acceptors (Lipinski definition) is 6. The van der Waals surface area contributed by atoms with Crippen molar-refractivity contribution in [1.29, 1.82) is 0 Å². The third-order valence-electron chi connectivity index (χ3n) is 7.33. The van der Waals surface area contributed by atoms with E-state index in [1.165, 1.54) is 5.56 Å². The minimum Gasteiger partial charge on any atom is -0.394 e. The molecule has 2 heterocycles. The Bertz CT molecular complexity index is 1050. The first-order chi connectivity index (χ1) is 17.9. The Kier molecular flexibility index (Phi) is 9.37. The number of piperazine rings is 1. The lowest BCUT2D eigenvalue weighted by Gasteiger charge is -2.37. The van der Waals surface area contributed by atoms with Crippen LogP contribution in [-0.4, -0.2) is 77.6 Å². The maximum Gasteiger partial charge on any atom is 0.237 e. The van der Waals surface area contributed by atoms with Gasteiger partial charge in [-0.2, -0.15) is 5.06 Å². The summed E-state index contributed by atoms with van der Waals surface area (Å²) in [4.78, 5) is 22.9. The topological polar surface area (TPSA) is 94.3 Å². The lowest BCUT2D eigenvalue weighted by Crippen LogP contribution is -2.52. The molecule has 2 aromatic rings. The summed E-state index contributed by atoms with van der Waals surface area (Å²) < 4.78 is 0. The zero-order valence-corrected chi connectivity index (χ0v) is 22.6. The van der Waals surface area contributed by atoms with Crippen molar-refractivity contribution >= 4 is 28.9 Å². The van der Waals surface area contributed by atoms with Crippen molar-refractivity contribution in [2.75, 3.05) is 44.2 Å². The second kappa shape index (κ2) is 12.7. The summed E-state index contributed by atoms with van der Waals surface area (Å²) in [6.07, 6.45) is 0.515. The van der Waals surface area contributed by atoms with E-state index in [0.717, 1.165) is 55.5 Å². The fourth-order valence-corrected chi connectivity index (χ4v) is 5.68. The number of thiocarbonyl (C=S) groups is 1. The third-order valence-corrected chi connectivity index (χ3v) is 7.73. The van der Waals surface area contributed by atoms with Crippen LogP contribution in [0.2, 0.25) is 0 Å². The molecular formula is C28H39N5O3S. The monoisotopic (exact) mass is 525 g/mol. The number of benzene rings is 2. The molecule has 8 nitrogen and oxygen atoms in total. The number of nitrogens with zero attached hydrogens (tertiary/aromatic N) is 3. The average Bonchev–Trinajstić information content (AvgIpc) is 3.28. The van der Waals surface area contributed by atoms with E-state index < -0.39 is 18.1 Å². The predicted molar refractivity (Wildman–Crippen MR) is 150 cm³/mol. The first kappa shape index (κ1) is 27.3. The van der Waals surface area contributed by atoms with Crippen LogP contribution in [0.3, 0.4) is 0 Å². The van der Waals surface area contributed by atoms with Gasteiger partial charge in [-0.1, -0.05) is 56.3 Å². The molecule has 0 aliphatic carbocycles. The largest absolute Gasteiger partial charge is 0.394 e. The van der Waals surface area contributed by atoms with Gasteiger partial charge in [0.2, 0.25) is 5.91 Å².